The summed E-state index contributed by atoms with van der Waals surface area (Å²) in [7, 11) is 0. The van der Waals surface area contributed by atoms with Crippen LogP contribution in [0.5, 0.6) is 0 Å². The Labute approximate surface area is 152 Å². The highest BCUT2D eigenvalue weighted by molar-refractivity contribution is 9.10. The smallest absolute Gasteiger partial charge is 0.240 e. The van der Waals surface area contributed by atoms with E-state index in [-0.39, 0.29) is 18.4 Å². The van der Waals surface area contributed by atoms with E-state index in [9.17, 15) is 9.59 Å². The Morgan fingerprint density at radius 1 is 1.29 bits per heavy atom. The van der Waals surface area contributed by atoms with Crippen LogP contribution in [0, 0.1) is 6.92 Å². The van der Waals surface area contributed by atoms with Crippen molar-refractivity contribution in [3.63, 3.8) is 0 Å². The molecule has 4 nitrogen and oxygen atoms in total. The van der Waals surface area contributed by atoms with Gasteiger partial charge in [0.25, 0.3) is 0 Å². The maximum absolute atomic E-state index is 12.2. The Morgan fingerprint density at radius 2 is 2.08 bits per heavy atom. The minimum Gasteiger partial charge on any atom is -0.354 e. The van der Waals surface area contributed by atoms with Gasteiger partial charge in [0.2, 0.25) is 11.8 Å². The van der Waals surface area contributed by atoms with Gasteiger partial charge in [0, 0.05) is 23.6 Å². The number of benzene rings is 1. The van der Waals surface area contributed by atoms with Crippen molar-refractivity contribution in [1.82, 2.24) is 5.32 Å². The van der Waals surface area contributed by atoms with Crippen molar-refractivity contribution in [2.24, 2.45) is 0 Å². The minimum absolute atomic E-state index is 0.0524. The fourth-order valence-electron chi connectivity index (χ4n) is 2.98. The molecular weight excluding hydrogens is 368 g/mol. The second-order valence-corrected chi connectivity index (χ2v) is 7.16. The molecule has 1 aromatic carbocycles. The van der Waals surface area contributed by atoms with Crippen LogP contribution in [0.2, 0.25) is 0 Å². The summed E-state index contributed by atoms with van der Waals surface area (Å²) < 4.78 is 0.956. The van der Waals surface area contributed by atoms with Gasteiger partial charge in [-0.15, -0.1) is 0 Å². The molecule has 0 fully saturated rings. The van der Waals surface area contributed by atoms with Gasteiger partial charge in [0.05, 0.1) is 0 Å². The highest BCUT2D eigenvalue weighted by Gasteiger charge is 2.17. The van der Waals surface area contributed by atoms with E-state index >= 15 is 0 Å². The summed E-state index contributed by atoms with van der Waals surface area (Å²) in [5.41, 5.74) is 3.17. The van der Waals surface area contributed by atoms with Gasteiger partial charge < -0.3 is 10.2 Å². The van der Waals surface area contributed by atoms with E-state index in [0.717, 1.165) is 35.0 Å². The predicted molar refractivity (Wildman–Crippen MR) is 101 cm³/mol. The molecule has 0 aliphatic heterocycles. The molecule has 0 saturated heterocycles. The van der Waals surface area contributed by atoms with Gasteiger partial charge >= 0.3 is 0 Å². The highest BCUT2D eigenvalue weighted by atomic mass is 79.9. The molecule has 24 heavy (non-hydrogen) atoms. The third-order valence-corrected chi connectivity index (χ3v) is 4.78. The number of halogens is 1. The number of allylic oxidation sites excluding steroid dienone is 1. The van der Waals surface area contributed by atoms with Crippen LogP contribution in [-0.4, -0.2) is 24.9 Å². The topological polar surface area (TPSA) is 49.4 Å². The summed E-state index contributed by atoms with van der Waals surface area (Å²) in [6, 6.07) is 5.69. The van der Waals surface area contributed by atoms with E-state index < -0.39 is 0 Å². The number of nitrogens with zero attached hydrogens (tertiary/aromatic N) is 1. The molecule has 2 amide bonds. The standard InChI is InChI=1S/C19H25BrN2O2/c1-14-12-17(20)8-9-18(14)22(15(2)23)13-19(24)21-11-10-16-6-4-3-5-7-16/h6,8-9,12H,3-5,7,10-11,13H2,1-2H3,(H,21,24). The molecule has 0 radical (unpaired) electrons. The third kappa shape index (κ3) is 5.48. The van der Waals surface area contributed by atoms with Crippen LogP contribution in [0.1, 0.15) is 44.6 Å². The third-order valence-electron chi connectivity index (χ3n) is 4.28. The van der Waals surface area contributed by atoms with Crippen LogP contribution >= 0.6 is 15.9 Å². The normalized spacial score (nSPS) is 14.0. The molecule has 1 aliphatic rings. The number of carbonyl (C=O) groups is 2. The summed E-state index contributed by atoms with van der Waals surface area (Å²) in [4.78, 5) is 25.7. The fraction of sp³-hybridized carbons (Fsp3) is 0.474. The lowest BCUT2D eigenvalue weighted by molar-refractivity contribution is -0.123. The van der Waals surface area contributed by atoms with Crippen molar-refractivity contribution < 1.29 is 9.59 Å². The maximum atomic E-state index is 12.2. The number of aryl methyl sites for hydroxylation is 1. The van der Waals surface area contributed by atoms with E-state index in [1.54, 1.807) is 0 Å². The van der Waals surface area contributed by atoms with Gasteiger partial charge in [0.15, 0.2) is 0 Å². The van der Waals surface area contributed by atoms with Gasteiger partial charge in [-0.05, 0) is 62.8 Å². The number of amides is 2. The molecule has 0 unspecified atom stereocenters. The molecule has 0 atom stereocenters. The summed E-state index contributed by atoms with van der Waals surface area (Å²) in [6.07, 6.45) is 8.03. The van der Waals surface area contributed by atoms with Crippen LogP contribution in [0.25, 0.3) is 0 Å². The first kappa shape index (κ1) is 18.7. The van der Waals surface area contributed by atoms with Crippen LogP contribution < -0.4 is 10.2 Å². The number of carbonyl (C=O) groups excluding carboxylic acids is 2. The number of nitrogens with one attached hydrogen (secondary N) is 1. The maximum Gasteiger partial charge on any atom is 0.240 e. The van der Waals surface area contributed by atoms with E-state index in [2.05, 4.69) is 27.3 Å². The first-order valence-electron chi connectivity index (χ1n) is 8.46. The van der Waals surface area contributed by atoms with Gasteiger partial charge in [-0.25, -0.2) is 0 Å². The van der Waals surface area contributed by atoms with E-state index in [4.69, 9.17) is 0 Å². The SMILES string of the molecule is CC(=O)N(CC(=O)NCCC1=CCCCC1)c1ccc(Br)cc1C. The zero-order valence-electron chi connectivity index (χ0n) is 14.4. The minimum atomic E-state index is -0.134. The second-order valence-electron chi connectivity index (χ2n) is 6.24. The lowest BCUT2D eigenvalue weighted by atomic mass is 9.97. The van der Waals surface area contributed by atoms with Gasteiger partial charge in [-0.2, -0.15) is 0 Å². The van der Waals surface area contributed by atoms with E-state index in [1.165, 1.54) is 30.2 Å². The molecule has 1 aromatic rings. The quantitative estimate of drug-likeness (QED) is 0.740. The number of hydrogen-bond donors (Lipinski definition) is 1. The first-order chi connectivity index (χ1) is 11.5. The van der Waals surface area contributed by atoms with Crippen molar-refractivity contribution in [3.8, 4) is 0 Å². The number of rotatable bonds is 6. The summed E-state index contributed by atoms with van der Waals surface area (Å²) in [6.45, 7) is 4.11. The molecule has 2 rings (SSSR count). The highest BCUT2D eigenvalue weighted by Crippen LogP contribution is 2.24. The van der Waals surface area contributed by atoms with E-state index in [1.807, 2.05) is 25.1 Å². The summed E-state index contributed by atoms with van der Waals surface area (Å²) >= 11 is 3.42. The Bertz CT molecular complexity index is 640. The zero-order valence-corrected chi connectivity index (χ0v) is 16.0. The number of hydrogen-bond acceptors (Lipinski definition) is 2. The van der Waals surface area contributed by atoms with Crippen LogP contribution in [-0.2, 0) is 9.59 Å². The van der Waals surface area contributed by atoms with Gasteiger partial charge in [0.1, 0.15) is 6.54 Å². The van der Waals surface area contributed by atoms with Gasteiger partial charge in [-0.3, -0.25) is 9.59 Å². The van der Waals surface area contributed by atoms with Gasteiger partial charge in [-0.1, -0.05) is 27.6 Å². The van der Waals surface area contributed by atoms with Crippen LogP contribution in [0.15, 0.2) is 34.3 Å². The molecule has 0 bridgehead atoms. The first-order valence-corrected chi connectivity index (χ1v) is 9.25. The predicted octanol–water partition coefficient (Wildman–Crippen LogP) is 4.12. The molecule has 0 aromatic heterocycles. The molecular formula is C19H25BrN2O2. The molecule has 5 heteroatoms. The number of anilines is 1. The second kappa shape index (κ2) is 9.02. The van der Waals surface area contributed by atoms with Crippen LogP contribution in [0.3, 0.4) is 0 Å². The molecule has 1 aliphatic carbocycles. The molecule has 0 saturated carbocycles. The Hall–Kier alpha value is -1.62. The largest absolute Gasteiger partial charge is 0.354 e. The molecule has 1 N–H and O–H groups in total. The molecule has 130 valence electrons. The van der Waals surface area contributed by atoms with Crippen molar-refractivity contribution in [3.05, 3.63) is 39.9 Å². The summed E-state index contributed by atoms with van der Waals surface area (Å²) in [5.74, 6) is -0.255. The lowest BCUT2D eigenvalue weighted by Crippen LogP contribution is -2.40. The average molecular weight is 393 g/mol. The zero-order chi connectivity index (χ0) is 17.5. The lowest BCUT2D eigenvalue weighted by Gasteiger charge is -2.23. The van der Waals surface area contributed by atoms with Crippen molar-refractivity contribution in [1.29, 1.82) is 0 Å². The summed E-state index contributed by atoms with van der Waals surface area (Å²) in [5, 5.41) is 2.93. The Balaban J connectivity index is 1.91. The van der Waals surface area contributed by atoms with Crippen LogP contribution in [0.4, 0.5) is 5.69 Å². The van der Waals surface area contributed by atoms with E-state index in [0.29, 0.717) is 6.54 Å². The fourth-order valence-corrected chi connectivity index (χ4v) is 3.46. The van der Waals surface area contributed by atoms with Crippen molar-refractivity contribution in [2.75, 3.05) is 18.0 Å². The van der Waals surface area contributed by atoms with Crippen molar-refractivity contribution in [2.45, 2.75) is 46.0 Å². The average Bonchev–Trinajstić information content (AvgIpc) is 2.54. The molecule has 0 spiro atoms. The monoisotopic (exact) mass is 392 g/mol. The Kier molecular flexibility index (Phi) is 7.03. The molecule has 0 heterocycles. The Morgan fingerprint density at radius 3 is 2.71 bits per heavy atom. The van der Waals surface area contributed by atoms with Crippen molar-refractivity contribution >= 4 is 33.4 Å².